The number of nitrogens with zero attached hydrogens (tertiary/aromatic N) is 2. The summed E-state index contributed by atoms with van der Waals surface area (Å²) < 4.78 is 1.88. The Hall–Kier alpha value is -2.93. The zero-order chi connectivity index (χ0) is 19.6. The number of aromatic amines is 1. The van der Waals surface area contributed by atoms with Crippen LogP contribution in [0.15, 0.2) is 67.6 Å². The number of aromatic hydroxyl groups is 1. The molecule has 7 heteroatoms. The Balaban J connectivity index is 2.06. The molecule has 2 N–H and O–H groups in total. The van der Waals surface area contributed by atoms with Crippen molar-refractivity contribution < 1.29 is 5.11 Å². The van der Waals surface area contributed by atoms with Crippen LogP contribution in [0.1, 0.15) is 23.6 Å². The van der Waals surface area contributed by atoms with Gasteiger partial charge in [-0.05, 0) is 43.7 Å². The molecule has 0 aliphatic rings. The maximum Gasteiger partial charge on any atom is 0.335 e. The van der Waals surface area contributed by atoms with Gasteiger partial charge in [0.05, 0.1) is 17.9 Å². The van der Waals surface area contributed by atoms with Gasteiger partial charge in [0.15, 0.2) is 0 Å². The summed E-state index contributed by atoms with van der Waals surface area (Å²) in [4.78, 5) is 31.2. The molecule has 0 fully saturated rings. The summed E-state index contributed by atoms with van der Waals surface area (Å²) in [6.45, 7) is 3.99. The van der Waals surface area contributed by atoms with E-state index in [1.165, 1.54) is 0 Å². The first kappa shape index (κ1) is 18.8. The van der Waals surface area contributed by atoms with Gasteiger partial charge in [-0.15, -0.1) is 0 Å². The molecule has 1 heterocycles. The monoisotopic (exact) mass is 427 g/mol. The van der Waals surface area contributed by atoms with Crippen LogP contribution in [0.4, 0.5) is 0 Å². The number of H-pyrrole nitrogens is 1. The fourth-order valence-corrected chi connectivity index (χ4v) is 3.04. The second kappa shape index (κ2) is 7.75. The van der Waals surface area contributed by atoms with E-state index in [1.807, 2.05) is 31.2 Å². The average molecular weight is 428 g/mol. The average Bonchev–Trinajstić information content (AvgIpc) is 2.61. The van der Waals surface area contributed by atoms with E-state index in [4.69, 9.17) is 0 Å². The Kier molecular flexibility index (Phi) is 5.41. The second-order valence-corrected chi connectivity index (χ2v) is 7.08. The lowest BCUT2D eigenvalue weighted by Crippen LogP contribution is -2.32. The van der Waals surface area contributed by atoms with Crippen molar-refractivity contribution in [3.8, 4) is 11.6 Å². The number of aryl methyl sites for hydroxylation is 1. The molecule has 6 nitrogen and oxygen atoms in total. The van der Waals surface area contributed by atoms with Crippen molar-refractivity contribution in [1.29, 1.82) is 0 Å². The van der Waals surface area contributed by atoms with Crippen LogP contribution in [0.3, 0.4) is 0 Å². The zero-order valence-corrected chi connectivity index (χ0v) is 16.4. The standard InChI is InChI=1S/C20H18BrN3O3/c1-12-4-3-5-14(10-12)11-22-13(2)17-18(25)23-20(27)24(19(17)26)16-8-6-15(21)7-9-16/h3-10,26H,11H2,1-2H3,(H,23,25,27). The number of benzene rings is 2. The normalized spacial score (nSPS) is 11.6. The van der Waals surface area contributed by atoms with Crippen molar-refractivity contribution in [2.75, 3.05) is 0 Å². The summed E-state index contributed by atoms with van der Waals surface area (Å²) in [5, 5.41) is 10.6. The highest BCUT2D eigenvalue weighted by Gasteiger charge is 2.17. The number of aromatic nitrogens is 2. The number of halogens is 1. The van der Waals surface area contributed by atoms with E-state index >= 15 is 0 Å². The lowest BCUT2D eigenvalue weighted by atomic mass is 10.1. The molecule has 27 heavy (non-hydrogen) atoms. The number of rotatable bonds is 4. The Morgan fingerprint density at radius 3 is 2.56 bits per heavy atom. The van der Waals surface area contributed by atoms with Gasteiger partial charge < -0.3 is 5.11 Å². The van der Waals surface area contributed by atoms with Gasteiger partial charge in [0.25, 0.3) is 5.56 Å². The Morgan fingerprint density at radius 1 is 1.19 bits per heavy atom. The van der Waals surface area contributed by atoms with Crippen LogP contribution in [-0.4, -0.2) is 20.4 Å². The molecule has 2 aromatic carbocycles. The van der Waals surface area contributed by atoms with E-state index in [0.717, 1.165) is 20.2 Å². The third-order valence-electron chi connectivity index (χ3n) is 4.11. The van der Waals surface area contributed by atoms with Crippen LogP contribution < -0.4 is 11.2 Å². The SMILES string of the molecule is CC(=NCc1cccc(C)c1)c1c(O)n(-c2ccc(Br)cc2)c(=O)[nH]c1=O. The molecular formula is C20H18BrN3O3. The highest BCUT2D eigenvalue weighted by atomic mass is 79.9. The van der Waals surface area contributed by atoms with Gasteiger partial charge in [-0.2, -0.15) is 0 Å². The molecule has 0 bridgehead atoms. The van der Waals surface area contributed by atoms with E-state index in [9.17, 15) is 14.7 Å². The predicted octanol–water partition coefficient (Wildman–Crippen LogP) is 3.31. The van der Waals surface area contributed by atoms with Gasteiger partial charge in [0.1, 0.15) is 5.56 Å². The number of nitrogens with one attached hydrogen (secondary N) is 1. The fraction of sp³-hybridized carbons (Fsp3) is 0.150. The molecule has 0 radical (unpaired) electrons. The summed E-state index contributed by atoms with van der Waals surface area (Å²) in [6.07, 6.45) is 0. The molecule has 0 aliphatic heterocycles. The molecule has 0 saturated heterocycles. The summed E-state index contributed by atoms with van der Waals surface area (Å²) in [5.74, 6) is -0.434. The lowest BCUT2D eigenvalue weighted by molar-refractivity contribution is 0.429. The molecular weight excluding hydrogens is 410 g/mol. The van der Waals surface area contributed by atoms with Crippen LogP contribution in [0.25, 0.3) is 5.69 Å². The van der Waals surface area contributed by atoms with Gasteiger partial charge in [-0.25, -0.2) is 9.36 Å². The Bertz CT molecular complexity index is 1130. The number of aliphatic imine (C=N–C) groups is 1. The van der Waals surface area contributed by atoms with E-state index in [0.29, 0.717) is 17.9 Å². The maximum atomic E-state index is 12.3. The molecule has 138 valence electrons. The van der Waals surface area contributed by atoms with Crippen molar-refractivity contribution in [2.24, 2.45) is 4.99 Å². The lowest BCUT2D eigenvalue weighted by Gasteiger charge is -2.11. The van der Waals surface area contributed by atoms with Crippen molar-refractivity contribution in [2.45, 2.75) is 20.4 Å². The van der Waals surface area contributed by atoms with Gasteiger partial charge in [-0.3, -0.25) is 14.8 Å². The smallest absolute Gasteiger partial charge is 0.335 e. The fourth-order valence-electron chi connectivity index (χ4n) is 2.78. The van der Waals surface area contributed by atoms with Gasteiger partial charge in [0, 0.05) is 4.47 Å². The summed E-state index contributed by atoms with van der Waals surface area (Å²) in [6, 6.07) is 14.7. The summed E-state index contributed by atoms with van der Waals surface area (Å²) >= 11 is 3.33. The maximum absolute atomic E-state index is 12.3. The van der Waals surface area contributed by atoms with Crippen molar-refractivity contribution in [3.63, 3.8) is 0 Å². The quantitative estimate of drug-likeness (QED) is 0.626. The van der Waals surface area contributed by atoms with E-state index in [2.05, 4.69) is 25.9 Å². The first-order valence-corrected chi connectivity index (χ1v) is 9.07. The van der Waals surface area contributed by atoms with Crippen LogP contribution in [0.2, 0.25) is 0 Å². The molecule has 1 aromatic heterocycles. The molecule has 3 aromatic rings. The Morgan fingerprint density at radius 2 is 1.89 bits per heavy atom. The topological polar surface area (TPSA) is 87.4 Å². The Labute approximate surface area is 164 Å². The predicted molar refractivity (Wildman–Crippen MR) is 109 cm³/mol. The minimum absolute atomic E-state index is 0.0230. The molecule has 0 amide bonds. The third kappa shape index (κ3) is 4.09. The van der Waals surface area contributed by atoms with Crippen LogP contribution >= 0.6 is 15.9 Å². The van der Waals surface area contributed by atoms with Crippen molar-refractivity contribution >= 4 is 21.6 Å². The second-order valence-electron chi connectivity index (χ2n) is 6.16. The van der Waals surface area contributed by atoms with E-state index in [1.54, 1.807) is 31.2 Å². The molecule has 0 unspecified atom stereocenters. The minimum Gasteiger partial charge on any atom is -0.493 e. The van der Waals surface area contributed by atoms with Crippen molar-refractivity contribution in [3.05, 3.63) is 90.5 Å². The molecule has 3 rings (SSSR count). The van der Waals surface area contributed by atoms with Gasteiger partial charge in [-0.1, -0.05) is 45.8 Å². The van der Waals surface area contributed by atoms with Crippen molar-refractivity contribution in [1.82, 2.24) is 9.55 Å². The van der Waals surface area contributed by atoms with Gasteiger partial charge >= 0.3 is 5.69 Å². The first-order valence-electron chi connectivity index (χ1n) is 8.28. The van der Waals surface area contributed by atoms with Gasteiger partial charge in [0.2, 0.25) is 5.88 Å². The molecule has 0 saturated carbocycles. The van der Waals surface area contributed by atoms with Crippen LogP contribution in [0, 0.1) is 6.92 Å². The number of hydrogen-bond donors (Lipinski definition) is 2. The summed E-state index contributed by atoms with van der Waals surface area (Å²) in [5.41, 5.74) is 1.48. The summed E-state index contributed by atoms with van der Waals surface area (Å²) in [7, 11) is 0. The van der Waals surface area contributed by atoms with E-state index < -0.39 is 17.1 Å². The number of hydrogen-bond acceptors (Lipinski definition) is 4. The molecule has 0 spiro atoms. The zero-order valence-electron chi connectivity index (χ0n) is 14.9. The molecule has 0 atom stereocenters. The first-order chi connectivity index (χ1) is 12.9. The largest absolute Gasteiger partial charge is 0.493 e. The minimum atomic E-state index is -0.713. The van der Waals surface area contributed by atoms with Crippen LogP contribution in [-0.2, 0) is 6.54 Å². The molecule has 0 aliphatic carbocycles. The van der Waals surface area contributed by atoms with Crippen LogP contribution in [0.5, 0.6) is 5.88 Å². The highest BCUT2D eigenvalue weighted by Crippen LogP contribution is 2.19. The highest BCUT2D eigenvalue weighted by molar-refractivity contribution is 9.10. The third-order valence-corrected chi connectivity index (χ3v) is 4.64. The van der Waals surface area contributed by atoms with E-state index in [-0.39, 0.29) is 5.56 Å².